The zero-order valence-corrected chi connectivity index (χ0v) is 5.78. The van der Waals surface area contributed by atoms with Gasteiger partial charge in [-0.05, 0) is 6.42 Å². The standard InChI is InChI=1S/C7H8O4/c1-2-3-5(7(10)11)4-6(8)9/h2,4H,1,3H2,(H,8,9)(H,10,11). The van der Waals surface area contributed by atoms with Gasteiger partial charge in [-0.1, -0.05) is 6.08 Å². The van der Waals surface area contributed by atoms with E-state index in [4.69, 9.17) is 10.2 Å². The molecular weight excluding hydrogens is 148 g/mol. The first-order chi connectivity index (χ1) is 5.07. The molecule has 0 aliphatic heterocycles. The molecule has 4 nitrogen and oxygen atoms in total. The molecule has 0 aromatic heterocycles. The maximum atomic E-state index is 10.2. The molecule has 60 valence electrons. The van der Waals surface area contributed by atoms with Gasteiger partial charge < -0.3 is 10.2 Å². The SMILES string of the molecule is C=CCC(=CC(=O)O)C(=O)O. The molecule has 0 saturated carbocycles. The minimum atomic E-state index is -1.26. The maximum Gasteiger partial charge on any atom is 0.332 e. The minimum absolute atomic E-state index is 0.0572. The first kappa shape index (κ1) is 9.42. The summed E-state index contributed by atoms with van der Waals surface area (Å²) in [7, 11) is 0. The summed E-state index contributed by atoms with van der Waals surface area (Å²) in [4.78, 5) is 20.3. The molecule has 0 saturated heterocycles. The van der Waals surface area contributed by atoms with Crippen LogP contribution in [0.25, 0.3) is 0 Å². The van der Waals surface area contributed by atoms with Gasteiger partial charge in [0.05, 0.1) is 0 Å². The van der Waals surface area contributed by atoms with Crippen LogP contribution in [0, 0.1) is 0 Å². The fraction of sp³-hybridized carbons (Fsp3) is 0.143. The van der Waals surface area contributed by atoms with Crippen LogP contribution < -0.4 is 0 Å². The molecule has 0 bridgehead atoms. The molecule has 0 radical (unpaired) electrons. The second-order valence-electron chi connectivity index (χ2n) is 1.81. The molecule has 0 aromatic carbocycles. The van der Waals surface area contributed by atoms with Crippen molar-refractivity contribution in [1.29, 1.82) is 0 Å². The van der Waals surface area contributed by atoms with Crippen LogP contribution in [-0.4, -0.2) is 22.2 Å². The average molecular weight is 156 g/mol. The molecule has 0 amide bonds. The van der Waals surface area contributed by atoms with Crippen LogP contribution in [0.15, 0.2) is 24.3 Å². The van der Waals surface area contributed by atoms with E-state index in [1.807, 2.05) is 0 Å². The summed E-state index contributed by atoms with van der Waals surface area (Å²) in [6.45, 7) is 3.29. The fourth-order valence-corrected chi connectivity index (χ4v) is 0.513. The van der Waals surface area contributed by atoms with Crippen molar-refractivity contribution < 1.29 is 19.8 Å². The largest absolute Gasteiger partial charge is 0.478 e. The Balaban J connectivity index is 4.44. The Morgan fingerprint density at radius 3 is 2.18 bits per heavy atom. The minimum Gasteiger partial charge on any atom is -0.478 e. The second kappa shape index (κ2) is 4.27. The van der Waals surface area contributed by atoms with E-state index in [-0.39, 0.29) is 12.0 Å². The Morgan fingerprint density at radius 2 is 1.91 bits per heavy atom. The quantitative estimate of drug-likeness (QED) is 0.463. The van der Waals surface area contributed by atoms with Crippen LogP contribution in [0.2, 0.25) is 0 Å². The lowest BCUT2D eigenvalue weighted by Crippen LogP contribution is -2.02. The van der Waals surface area contributed by atoms with E-state index >= 15 is 0 Å². The predicted molar refractivity (Wildman–Crippen MR) is 38.2 cm³/mol. The molecule has 0 fully saturated rings. The summed E-state index contributed by atoms with van der Waals surface area (Å²) in [5.74, 6) is -2.49. The van der Waals surface area contributed by atoms with Crippen LogP contribution in [-0.2, 0) is 9.59 Å². The average Bonchev–Trinajstić information content (AvgIpc) is 1.86. The lowest BCUT2D eigenvalue weighted by Gasteiger charge is -1.93. The van der Waals surface area contributed by atoms with Crippen molar-refractivity contribution in [3.8, 4) is 0 Å². The number of allylic oxidation sites excluding steroid dienone is 1. The van der Waals surface area contributed by atoms with Crippen molar-refractivity contribution in [2.75, 3.05) is 0 Å². The van der Waals surface area contributed by atoms with Crippen LogP contribution in [0.5, 0.6) is 0 Å². The Kier molecular flexibility index (Phi) is 3.66. The van der Waals surface area contributed by atoms with Gasteiger partial charge in [0.15, 0.2) is 0 Å². The van der Waals surface area contributed by atoms with Crippen molar-refractivity contribution in [1.82, 2.24) is 0 Å². The molecule has 0 aromatic rings. The predicted octanol–water partition coefficient (Wildman–Crippen LogP) is 0.658. The highest BCUT2D eigenvalue weighted by molar-refractivity contribution is 5.94. The van der Waals surface area contributed by atoms with Gasteiger partial charge in [-0.25, -0.2) is 9.59 Å². The Bertz CT molecular complexity index is 214. The third kappa shape index (κ3) is 3.91. The summed E-state index contributed by atoms with van der Waals surface area (Å²) in [5, 5.41) is 16.6. The summed E-state index contributed by atoms with van der Waals surface area (Å²) < 4.78 is 0. The zero-order chi connectivity index (χ0) is 8.85. The molecule has 0 spiro atoms. The van der Waals surface area contributed by atoms with Gasteiger partial charge in [-0.15, -0.1) is 6.58 Å². The van der Waals surface area contributed by atoms with Gasteiger partial charge in [0.25, 0.3) is 0 Å². The molecule has 0 rings (SSSR count). The number of carboxylic acid groups (broad SMARTS) is 2. The van der Waals surface area contributed by atoms with Crippen LogP contribution in [0.4, 0.5) is 0 Å². The van der Waals surface area contributed by atoms with Crippen molar-refractivity contribution in [3.05, 3.63) is 24.3 Å². The van der Waals surface area contributed by atoms with E-state index in [1.54, 1.807) is 0 Å². The molecule has 0 unspecified atom stereocenters. The van der Waals surface area contributed by atoms with Crippen molar-refractivity contribution in [3.63, 3.8) is 0 Å². The molecule has 0 atom stereocenters. The van der Waals surface area contributed by atoms with Crippen LogP contribution >= 0.6 is 0 Å². The topological polar surface area (TPSA) is 74.6 Å². The van der Waals surface area contributed by atoms with E-state index in [0.717, 1.165) is 0 Å². The highest BCUT2D eigenvalue weighted by Crippen LogP contribution is 2.01. The third-order valence-corrected chi connectivity index (χ3v) is 0.937. The molecule has 2 N–H and O–H groups in total. The lowest BCUT2D eigenvalue weighted by molar-refractivity contribution is -0.135. The van der Waals surface area contributed by atoms with Crippen LogP contribution in [0.3, 0.4) is 0 Å². The fourth-order valence-electron chi connectivity index (χ4n) is 0.513. The number of carbonyl (C=O) groups is 2. The zero-order valence-electron chi connectivity index (χ0n) is 5.78. The third-order valence-electron chi connectivity index (χ3n) is 0.937. The van der Waals surface area contributed by atoms with E-state index in [2.05, 4.69) is 6.58 Å². The van der Waals surface area contributed by atoms with Gasteiger partial charge in [-0.2, -0.15) is 0 Å². The van der Waals surface area contributed by atoms with E-state index in [9.17, 15) is 9.59 Å². The first-order valence-corrected chi connectivity index (χ1v) is 2.85. The van der Waals surface area contributed by atoms with Crippen molar-refractivity contribution in [2.24, 2.45) is 0 Å². The summed E-state index contributed by atoms with van der Waals surface area (Å²) in [5.41, 5.74) is -0.174. The van der Waals surface area contributed by atoms with Gasteiger partial charge in [0.1, 0.15) is 0 Å². The highest BCUT2D eigenvalue weighted by atomic mass is 16.4. The van der Waals surface area contributed by atoms with Gasteiger partial charge >= 0.3 is 11.9 Å². The lowest BCUT2D eigenvalue weighted by atomic mass is 10.2. The number of hydrogen-bond donors (Lipinski definition) is 2. The van der Waals surface area contributed by atoms with Crippen LogP contribution in [0.1, 0.15) is 6.42 Å². The number of hydrogen-bond acceptors (Lipinski definition) is 2. The van der Waals surface area contributed by atoms with Gasteiger partial charge in [0, 0.05) is 11.6 Å². The molecular formula is C7H8O4. The molecule has 11 heavy (non-hydrogen) atoms. The normalized spacial score (nSPS) is 10.7. The summed E-state index contributed by atoms with van der Waals surface area (Å²) >= 11 is 0. The van der Waals surface area contributed by atoms with E-state index in [0.29, 0.717) is 6.08 Å². The maximum absolute atomic E-state index is 10.2. The molecule has 4 heteroatoms. The number of aliphatic carboxylic acids is 2. The number of carboxylic acids is 2. The Morgan fingerprint density at radius 1 is 1.36 bits per heavy atom. The number of rotatable bonds is 4. The smallest absolute Gasteiger partial charge is 0.332 e. The molecule has 0 heterocycles. The van der Waals surface area contributed by atoms with Gasteiger partial charge in [-0.3, -0.25) is 0 Å². The molecule has 0 aliphatic rings. The van der Waals surface area contributed by atoms with E-state index in [1.165, 1.54) is 6.08 Å². The van der Waals surface area contributed by atoms with E-state index < -0.39 is 11.9 Å². The Labute approximate surface area is 63.5 Å². The Hall–Kier alpha value is -1.58. The summed E-state index contributed by atoms with van der Waals surface area (Å²) in [6, 6.07) is 0. The van der Waals surface area contributed by atoms with Crippen molar-refractivity contribution >= 4 is 11.9 Å². The van der Waals surface area contributed by atoms with Crippen molar-refractivity contribution in [2.45, 2.75) is 6.42 Å². The monoisotopic (exact) mass is 156 g/mol. The second-order valence-corrected chi connectivity index (χ2v) is 1.81. The summed E-state index contributed by atoms with van der Waals surface area (Å²) in [6.07, 6.45) is 2.05. The molecule has 0 aliphatic carbocycles. The van der Waals surface area contributed by atoms with Gasteiger partial charge in [0.2, 0.25) is 0 Å². The first-order valence-electron chi connectivity index (χ1n) is 2.85. The highest BCUT2D eigenvalue weighted by Gasteiger charge is 2.06.